The molecule has 6 heteroatoms. The normalized spacial score (nSPS) is 12.2. The highest BCUT2D eigenvalue weighted by atomic mass is 35.5. The minimum atomic E-state index is -0.198. The second kappa shape index (κ2) is 4.46. The van der Waals surface area contributed by atoms with Crippen LogP contribution in [0.4, 0.5) is 0 Å². The van der Waals surface area contributed by atoms with Gasteiger partial charge in [-0.15, -0.1) is 12.4 Å². The van der Waals surface area contributed by atoms with Crippen LogP contribution in [0.1, 0.15) is 18.8 Å². The van der Waals surface area contributed by atoms with Gasteiger partial charge in [0.05, 0.1) is 11.6 Å². The average Bonchev–Trinajstić information content (AvgIpc) is 2.70. The highest BCUT2D eigenvalue weighted by Crippen LogP contribution is 2.18. The van der Waals surface area contributed by atoms with Crippen molar-refractivity contribution < 1.29 is 4.52 Å². The first-order valence-corrected chi connectivity index (χ1v) is 4.38. The molecule has 0 aliphatic carbocycles. The lowest BCUT2D eigenvalue weighted by Crippen LogP contribution is -2.06. The van der Waals surface area contributed by atoms with Gasteiger partial charge >= 0.3 is 0 Å². The molecule has 2 N–H and O–H groups in total. The molecule has 2 aromatic rings. The van der Waals surface area contributed by atoms with Crippen LogP contribution >= 0.6 is 12.4 Å². The molecule has 0 aromatic carbocycles. The van der Waals surface area contributed by atoms with Crippen molar-refractivity contribution in [3.63, 3.8) is 0 Å². The lowest BCUT2D eigenvalue weighted by Gasteiger charge is -1.92. The summed E-state index contributed by atoms with van der Waals surface area (Å²) >= 11 is 0. The number of nitrogens with two attached hydrogens (primary N) is 1. The summed E-state index contributed by atoms with van der Waals surface area (Å²) in [5.74, 6) is 1.04. The molecule has 0 bridgehead atoms. The highest BCUT2D eigenvalue weighted by molar-refractivity contribution is 5.85. The van der Waals surface area contributed by atoms with Gasteiger partial charge in [-0.05, 0) is 13.0 Å². The predicted molar refractivity (Wildman–Crippen MR) is 58.6 cm³/mol. The Bertz CT molecular complexity index is 435. The van der Waals surface area contributed by atoms with Gasteiger partial charge in [-0.3, -0.25) is 0 Å². The third-order valence-electron chi connectivity index (χ3n) is 1.93. The van der Waals surface area contributed by atoms with Gasteiger partial charge < -0.3 is 14.8 Å². The van der Waals surface area contributed by atoms with Crippen molar-refractivity contribution in [2.45, 2.75) is 13.0 Å². The fraction of sp³-hybridized carbons (Fsp3) is 0.333. The minimum Gasteiger partial charge on any atom is -0.356 e. The average molecular weight is 229 g/mol. The van der Waals surface area contributed by atoms with E-state index in [2.05, 4.69) is 10.1 Å². The van der Waals surface area contributed by atoms with Crippen molar-refractivity contribution in [1.82, 2.24) is 14.7 Å². The fourth-order valence-corrected chi connectivity index (χ4v) is 1.17. The van der Waals surface area contributed by atoms with Gasteiger partial charge in [0, 0.05) is 19.4 Å². The molecule has 0 saturated carbocycles. The first kappa shape index (κ1) is 11.7. The molecule has 1 atom stereocenters. The monoisotopic (exact) mass is 228 g/mol. The van der Waals surface area contributed by atoms with Crippen LogP contribution in [-0.2, 0) is 7.05 Å². The first-order chi connectivity index (χ1) is 6.66. The molecule has 2 rings (SSSR count). The third kappa shape index (κ3) is 2.37. The van der Waals surface area contributed by atoms with Crippen LogP contribution in [-0.4, -0.2) is 14.7 Å². The highest BCUT2D eigenvalue weighted by Gasteiger charge is 2.11. The largest absolute Gasteiger partial charge is 0.356 e. The summed E-state index contributed by atoms with van der Waals surface area (Å²) in [5, 5.41) is 3.78. The molecular weight excluding hydrogens is 216 g/mol. The van der Waals surface area contributed by atoms with E-state index in [4.69, 9.17) is 10.3 Å². The molecule has 82 valence electrons. The summed E-state index contributed by atoms with van der Waals surface area (Å²) in [6, 6.07) is 1.72. The Balaban J connectivity index is 0.00000112. The van der Waals surface area contributed by atoms with Gasteiger partial charge in [0.2, 0.25) is 0 Å². The quantitative estimate of drug-likeness (QED) is 0.846. The summed E-state index contributed by atoms with van der Waals surface area (Å²) in [6.07, 6.45) is 3.84. The second-order valence-corrected chi connectivity index (χ2v) is 3.31. The fourth-order valence-electron chi connectivity index (χ4n) is 1.17. The van der Waals surface area contributed by atoms with E-state index < -0.39 is 0 Å². The Labute approximate surface area is 93.7 Å². The topological polar surface area (TPSA) is 69.9 Å². The molecule has 0 aliphatic heterocycles. The molecule has 0 saturated heterocycles. The zero-order valence-corrected chi connectivity index (χ0v) is 9.36. The van der Waals surface area contributed by atoms with Crippen LogP contribution in [0.2, 0.25) is 0 Å². The van der Waals surface area contributed by atoms with Crippen LogP contribution in [0.3, 0.4) is 0 Å². The Morgan fingerprint density at radius 3 is 2.73 bits per heavy atom. The van der Waals surface area contributed by atoms with Gasteiger partial charge in [-0.1, -0.05) is 5.16 Å². The van der Waals surface area contributed by atoms with Crippen molar-refractivity contribution in [3.05, 3.63) is 24.3 Å². The summed E-state index contributed by atoms with van der Waals surface area (Å²) in [5.41, 5.74) is 6.53. The van der Waals surface area contributed by atoms with Gasteiger partial charge in [0.25, 0.3) is 5.89 Å². The molecule has 0 radical (unpaired) electrons. The summed E-state index contributed by atoms with van der Waals surface area (Å²) in [7, 11) is 1.94. The van der Waals surface area contributed by atoms with E-state index in [-0.39, 0.29) is 18.4 Å². The van der Waals surface area contributed by atoms with E-state index in [0.717, 1.165) is 5.56 Å². The smallest absolute Gasteiger partial charge is 0.259 e. The van der Waals surface area contributed by atoms with E-state index in [1.165, 1.54) is 0 Å². The van der Waals surface area contributed by atoms with Crippen LogP contribution < -0.4 is 5.73 Å². The Morgan fingerprint density at radius 2 is 2.27 bits per heavy atom. The SMILES string of the molecule is CC(N)c1noc(-c2ccn(C)c2)n1.Cl. The lowest BCUT2D eigenvalue weighted by molar-refractivity contribution is 0.418. The molecule has 15 heavy (non-hydrogen) atoms. The standard InChI is InChI=1S/C9H12N4O.ClH/c1-6(10)8-11-9(14-12-8)7-3-4-13(2)5-7;/h3-6H,10H2,1-2H3;1H. The Kier molecular flexibility index (Phi) is 3.49. The van der Waals surface area contributed by atoms with Gasteiger partial charge in [-0.2, -0.15) is 4.98 Å². The molecule has 1 unspecified atom stereocenters. The van der Waals surface area contributed by atoms with Crippen molar-refractivity contribution >= 4 is 12.4 Å². The number of aromatic nitrogens is 3. The lowest BCUT2D eigenvalue weighted by atomic mass is 10.3. The van der Waals surface area contributed by atoms with Crippen molar-refractivity contribution in [2.75, 3.05) is 0 Å². The number of rotatable bonds is 2. The number of nitrogens with zero attached hydrogens (tertiary/aromatic N) is 3. The first-order valence-electron chi connectivity index (χ1n) is 4.38. The van der Waals surface area contributed by atoms with E-state index in [1.807, 2.05) is 37.0 Å². The molecule has 5 nitrogen and oxygen atoms in total. The second-order valence-electron chi connectivity index (χ2n) is 3.31. The molecule has 2 aromatic heterocycles. The Morgan fingerprint density at radius 1 is 1.53 bits per heavy atom. The van der Waals surface area contributed by atoms with Crippen molar-refractivity contribution in [3.8, 4) is 11.5 Å². The minimum absolute atomic E-state index is 0. The van der Waals surface area contributed by atoms with Gasteiger partial charge in [-0.25, -0.2) is 0 Å². The van der Waals surface area contributed by atoms with Crippen molar-refractivity contribution in [1.29, 1.82) is 0 Å². The zero-order chi connectivity index (χ0) is 10.1. The zero-order valence-electron chi connectivity index (χ0n) is 8.54. The van der Waals surface area contributed by atoms with Crippen molar-refractivity contribution in [2.24, 2.45) is 12.8 Å². The molecule has 2 heterocycles. The van der Waals surface area contributed by atoms with Crippen LogP contribution in [0, 0.1) is 0 Å². The maximum atomic E-state index is 5.62. The number of hydrogen-bond acceptors (Lipinski definition) is 4. The van der Waals surface area contributed by atoms with Crippen LogP contribution in [0.25, 0.3) is 11.5 Å². The molecular formula is C9H13ClN4O. The van der Waals surface area contributed by atoms with Gasteiger partial charge in [0.15, 0.2) is 5.82 Å². The molecule has 0 amide bonds. The summed E-state index contributed by atoms with van der Waals surface area (Å²) in [6.45, 7) is 1.82. The molecule has 0 spiro atoms. The van der Waals surface area contributed by atoms with Gasteiger partial charge in [0.1, 0.15) is 0 Å². The third-order valence-corrected chi connectivity index (χ3v) is 1.93. The van der Waals surface area contributed by atoms with Crippen LogP contribution in [0.15, 0.2) is 23.0 Å². The maximum Gasteiger partial charge on any atom is 0.259 e. The molecule has 0 fully saturated rings. The molecule has 0 aliphatic rings. The number of aryl methyl sites for hydroxylation is 1. The summed E-state index contributed by atoms with van der Waals surface area (Å²) in [4.78, 5) is 4.18. The van der Waals surface area contributed by atoms with E-state index in [0.29, 0.717) is 11.7 Å². The van der Waals surface area contributed by atoms with Crippen LogP contribution in [0.5, 0.6) is 0 Å². The number of halogens is 1. The van der Waals surface area contributed by atoms with E-state index >= 15 is 0 Å². The summed E-state index contributed by atoms with van der Waals surface area (Å²) < 4.78 is 6.99. The Hall–Kier alpha value is -1.33. The van der Waals surface area contributed by atoms with E-state index in [9.17, 15) is 0 Å². The number of hydrogen-bond donors (Lipinski definition) is 1. The maximum absolute atomic E-state index is 5.62. The van der Waals surface area contributed by atoms with E-state index in [1.54, 1.807) is 0 Å². The predicted octanol–water partition coefficient (Wildman–Crippen LogP) is 1.52.